The number of methoxy groups -OCH3 is 2. The van der Waals surface area contributed by atoms with Crippen molar-refractivity contribution in [3.63, 3.8) is 0 Å². The van der Waals surface area contributed by atoms with Crippen LogP contribution in [0.5, 0.6) is 11.5 Å². The zero-order valence-corrected chi connectivity index (χ0v) is 14.9. The molecule has 0 radical (unpaired) electrons. The number of hydrogen-bond acceptors (Lipinski definition) is 4. The van der Waals surface area contributed by atoms with Crippen LogP contribution >= 0.6 is 0 Å². The van der Waals surface area contributed by atoms with Gasteiger partial charge in [-0.05, 0) is 37.3 Å². The summed E-state index contributed by atoms with van der Waals surface area (Å²) < 4.78 is 10.4. The van der Waals surface area contributed by atoms with Gasteiger partial charge in [0.25, 0.3) is 5.91 Å². The number of ether oxygens (including phenoxy) is 2. The van der Waals surface area contributed by atoms with Crippen molar-refractivity contribution >= 4 is 11.6 Å². The number of aromatic nitrogens is 1. The number of nitrogens with zero attached hydrogens (tertiary/aromatic N) is 1. The quantitative estimate of drug-likeness (QED) is 0.746. The second kappa shape index (κ2) is 7.70. The molecule has 0 saturated heterocycles. The van der Waals surface area contributed by atoms with E-state index in [1.807, 2.05) is 31.2 Å². The summed E-state index contributed by atoms with van der Waals surface area (Å²) in [6.45, 7) is 2.04. The smallest absolute Gasteiger partial charge is 0.257 e. The molecule has 0 aliphatic carbocycles. The molecule has 0 saturated carbocycles. The van der Waals surface area contributed by atoms with Gasteiger partial charge in [0.15, 0.2) is 11.5 Å². The number of carbonyl (C=O) groups excluding carboxylic acids is 1. The molecule has 1 amide bonds. The highest BCUT2D eigenvalue weighted by Crippen LogP contribution is 2.30. The fourth-order valence-corrected chi connectivity index (χ4v) is 2.62. The molecule has 132 valence electrons. The summed E-state index contributed by atoms with van der Waals surface area (Å²) >= 11 is 0. The van der Waals surface area contributed by atoms with Crippen LogP contribution in [0.25, 0.3) is 11.3 Å². The Hall–Kier alpha value is -3.34. The van der Waals surface area contributed by atoms with Gasteiger partial charge in [0.05, 0.1) is 25.5 Å². The summed E-state index contributed by atoms with van der Waals surface area (Å²) in [5, 5.41) is 2.84. The monoisotopic (exact) mass is 348 g/mol. The third-order valence-electron chi connectivity index (χ3n) is 3.98. The van der Waals surface area contributed by atoms with Crippen molar-refractivity contribution in [3.05, 3.63) is 71.9 Å². The van der Waals surface area contributed by atoms with Crippen LogP contribution in [0.3, 0.4) is 0 Å². The molecule has 3 rings (SSSR count). The minimum absolute atomic E-state index is 0.236. The van der Waals surface area contributed by atoms with Crippen molar-refractivity contribution in [1.29, 1.82) is 0 Å². The van der Waals surface area contributed by atoms with Crippen LogP contribution < -0.4 is 14.8 Å². The Balaban J connectivity index is 1.76. The van der Waals surface area contributed by atoms with Crippen LogP contribution in [0, 0.1) is 6.92 Å². The predicted octanol–water partition coefficient (Wildman–Crippen LogP) is 4.33. The number of hydrogen-bond donors (Lipinski definition) is 1. The lowest BCUT2D eigenvalue weighted by molar-refractivity contribution is 0.102. The molecule has 0 aliphatic rings. The van der Waals surface area contributed by atoms with E-state index in [0.717, 1.165) is 11.3 Å². The summed E-state index contributed by atoms with van der Waals surface area (Å²) in [7, 11) is 3.12. The highest BCUT2D eigenvalue weighted by molar-refractivity contribution is 6.04. The minimum Gasteiger partial charge on any atom is -0.493 e. The lowest BCUT2D eigenvalue weighted by Crippen LogP contribution is -2.12. The van der Waals surface area contributed by atoms with E-state index in [-0.39, 0.29) is 5.91 Å². The van der Waals surface area contributed by atoms with Gasteiger partial charge in [-0.3, -0.25) is 9.78 Å². The zero-order chi connectivity index (χ0) is 18.5. The van der Waals surface area contributed by atoms with Crippen LogP contribution in [0.4, 0.5) is 5.69 Å². The molecule has 0 atom stereocenters. The predicted molar refractivity (Wildman–Crippen MR) is 102 cm³/mol. The molecule has 0 spiro atoms. The maximum Gasteiger partial charge on any atom is 0.257 e. The normalized spacial score (nSPS) is 10.3. The maximum absolute atomic E-state index is 12.4. The Kier molecular flexibility index (Phi) is 5.17. The van der Waals surface area contributed by atoms with Crippen molar-refractivity contribution < 1.29 is 14.3 Å². The molecule has 5 nitrogen and oxygen atoms in total. The number of nitrogens with one attached hydrogen (secondary N) is 1. The van der Waals surface area contributed by atoms with E-state index >= 15 is 0 Å². The third kappa shape index (κ3) is 3.83. The fraction of sp³-hybridized carbons (Fsp3) is 0.143. The first-order valence-electron chi connectivity index (χ1n) is 8.17. The first kappa shape index (κ1) is 17.5. The molecule has 0 unspecified atom stereocenters. The Labute approximate surface area is 152 Å². The average Bonchev–Trinajstić information content (AvgIpc) is 2.68. The van der Waals surface area contributed by atoms with Crippen molar-refractivity contribution in [3.8, 4) is 22.8 Å². The summed E-state index contributed by atoms with van der Waals surface area (Å²) in [6, 6.07) is 16.9. The van der Waals surface area contributed by atoms with Crippen LogP contribution in [-0.4, -0.2) is 25.1 Å². The van der Waals surface area contributed by atoms with Crippen molar-refractivity contribution in [2.45, 2.75) is 6.92 Å². The molecule has 0 bridgehead atoms. The van der Waals surface area contributed by atoms with Crippen LogP contribution in [-0.2, 0) is 0 Å². The Morgan fingerprint density at radius 3 is 2.42 bits per heavy atom. The number of carbonyl (C=O) groups is 1. The van der Waals surface area contributed by atoms with E-state index in [2.05, 4.69) is 16.4 Å². The topological polar surface area (TPSA) is 60.5 Å². The van der Waals surface area contributed by atoms with E-state index in [9.17, 15) is 4.79 Å². The summed E-state index contributed by atoms with van der Waals surface area (Å²) in [4.78, 5) is 16.9. The Bertz CT molecular complexity index is 921. The highest BCUT2D eigenvalue weighted by atomic mass is 16.5. The molecular formula is C21H20N2O3. The fourth-order valence-electron chi connectivity index (χ4n) is 2.62. The van der Waals surface area contributed by atoms with Crippen LogP contribution in [0.15, 0.2) is 60.8 Å². The van der Waals surface area contributed by atoms with Gasteiger partial charge in [-0.1, -0.05) is 23.8 Å². The number of benzene rings is 2. The van der Waals surface area contributed by atoms with Crippen LogP contribution in [0.2, 0.25) is 0 Å². The second-order valence-electron chi connectivity index (χ2n) is 5.83. The second-order valence-corrected chi connectivity index (χ2v) is 5.83. The first-order valence-corrected chi connectivity index (χ1v) is 8.17. The van der Waals surface area contributed by atoms with E-state index < -0.39 is 0 Å². The standard InChI is InChI=1S/C21H20N2O3/c1-14-5-4-6-15(11-14)18-9-7-16(13-22-18)21(24)23-17-8-10-19(25-2)20(12-17)26-3/h4-13H,1-3H3,(H,23,24). The molecule has 0 aliphatic heterocycles. The molecule has 1 heterocycles. The Morgan fingerprint density at radius 2 is 1.77 bits per heavy atom. The molecule has 1 N–H and O–H groups in total. The molecule has 5 heteroatoms. The molecule has 26 heavy (non-hydrogen) atoms. The van der Waals surface area contributed by atoms with Gasteiger partial charge in [-0.15, -0.1) is 0 Å². The van der Waals surface area contributed by atoms with Gasteiger partial charge < -0.3 is 14.8 Å². The van der Waals surface area contributed by atoms with E-state index in [1.54, 1.807) is 44.7 Å². The molecular weight excluding hydrogens is 328 g/mol. The van der Waals surface area contributed by atoms with Crippen LogP contribution in [0.1, 0.15) is 15.9 Å². The molecule has 2 aromatic carbocycles. The molecule has 3 aromatic rings. The van der Waals surface area contributed by atoms with Crippen molar-refractivity contribution in [1.82, 2.24) is 4.98 Å². The molecule has 1 aromatic heterocycles. The highest BCUT2D eigenvalue weighted by Gasteiger charge is 2.10. The summed E-state index contributed by atoms with van der Waals surface area (Å²) in [5.74, 6) is 0.924. The number of anilines is 1. The maximum atomic E-state index is 12.4. The van der Waals surface area contributed by atoms with Gasteiger partial charge in [-0.25, -0.2) is 0 Å². The lowest BCUT2D eigenvalue weighted by atomic mass is 10.1. The van der Waals surface area contributed by atoms with Gasteiger partial charge in [-0.2, -0.15) is 0 Å². The number of amides is 1. The van der Waals surface area contributed by atoms with Gasteiger partial charge in [0.1, 0.15) is 0 Å². The third-order valence-corrected chi connectivity index (χ3v) is 3.98. The summed E-state index contributed by atoms with van der Waals surface area (Å²) in [5.41, 5.74) is 4.12. The number of aryl methyl sites for hydroxylation is 1. The van der Waals surface area contributed by atoms with E-state index in [0.29, 0.717) is 22.7 Å². The van der Waals surface area contributed by atoms with E-state index in [4.69, 9.17) is 9.47 Å². The van der Waals surface area contributed by atoms with Gasteiger partial charge >= 0.3 is 0 Å². The lowest BCUT2D eigenvalue weighted by Gasteiger charge is -2.10. The van der Waals surface area contributed by atoms with Gasteiger partial charge in [0.2, 0.25) is 0 Å². The van der Waals surface area contributed by atoms with E-state index in [1.165, 1.54) is 5.56 Å². The average molecular weight is 348 g/mol. The van der Waals surface area contributed by atoms with Crippen molar-refractivity contribution in [2.75, 3.05) is 19.5 Å². The number of rotatable bonds is 5. The zero-order valence-electron chi connectivity index (χ0n) is 14.9. The molecule has 0 fully saturated rings. The SMILES string of the molecule is COc1ccc(NC(=O)c2ccc(-c3cccc(C)c3)nc2)cc1OC. The first-order chi connectivity index (χ1) is 12.6. The minimum atomic E-state index is -0.236. The number of pyridine rings is 1. The Morgan fingerprint density at radius 1 is 0.962 bits per heavy atom. The van der Waals surface area contributed by atoms with Gasteiger partial charge in [0, 0.05) is 23.5 Å². The summed E-state index contributed by atoms with van der Waals surface area (Å²) in [6.07, 6.45) is 1.58. The van der Waals surface area contributed by atoms with Crippen molar-refractivity contribution in [2.24, 2.45) is 0 Å². The largest absolute Gasteiger partial charge is 0.493 e.